The first-order valence-corrected chi connectivity index (χ1v) is 9.77. The Morgan fingerprint density at radius 1 is 0.935 bits per heavy atom. The Bertz CT molecular complexity index is 1350. The zero-order valence-corrected chi connectivity index (χ0v) is 17.2. The van der Waals surface area contributed by atoms with Crippen molar-refractivity contribution in [3.8, 4) is 0 Å². The highest BCUT2D eigenvalue weighted by Crippen LogP contribution is 2.32. The van der Waals surface area contributed by atoms with Crippen molar-refractivity contribution in [2.75, 3.05) is 5.32 Å². The summed E-state index contributed by atoms with van der Waals surface area (Å²) in [4.78, 5) is 39.5. The van der Waals surface area contributed by atoms with Crippen LogP contribution < -0.4 is 5.32 Å². The minimum atomic E-state index is -0.669. The second-order valence-corrected chi connectivity index (χ2v) is 7.48. The fourth-order valence-corrected chi connectivity index (χ4v) is 3.54. The van der Waals surface area contributed by atoms with Gasteiger partial charge in [0.1, 0.15) is 10.7 Å². The molecule has 0 saturated heterocycles. The number of hydrogen-bond acceptors (Lipinski definition) is 4. The minimum absolute atomic E-state index is 0.0255. The molecule has 0 aliphatic heterocycles. The minimum Gasteiger partial charge on any atom is -0.350 e. The van der Waals surface area contributed by atoms with Gasteiger partial charge in [0.2, 0.25) is 5.78 Å². The highest BCUT2D eigenvalue weighted by molar-refractivity contribution is 6.33. The van der Waals surface area contributed by atoms with Crippen molar-refractivity contribution < 1.29 is 14.5 Å². The standard InChI is InChI=1S/C22H13Cl2N3O4/c23-14-7-8-15-17(11-14)25-20(21(28)12-4-2-1-3-5-12)19(15)26-22(29)13-6-9-16(24)18(10-13)27(30)31/h1-11,25H,(H,26,29). The Hall–Kier alpha value is -3.68. The third-order valence-corrected chi connectivity index (χ3v) is 5.22. The van der Waals surface area contributed by atoms with Gasteiger partial charge in [-0.3, -0.25) is 19.7 Å². The number of carbonyl (C=O) groups is 2. The third kappa shape index (κ3) is 4.01. The van der Waals surface area contributed by atoms with Crippen LogP contribution in [-0.4, -0.2) is 21.6 Å². The Morgan fingerprint density at radius 2 is 1.68 bits per heavy atom. The van der Waals surface area contributed by atoms with E-state index in [9.17, 15) is 19.7 Å². The highest BCUT2D eigenvalue weighted by Gasteiger charge is 2.23. The van der Waals surface area contributed by atoms with Crippen molar-refractivity contribution in [2.24, 2.45) is 0 Å². The van der Waals surface area contributed by atoms with E-state index in [4.69, 9.17) is 23.2 Å². The molecule has 31 heavy (non-hydrogen) atoms. The number of H-pyrrole nitrogens is 1. The summed E-state index contributed by atoms with van der Waals surface area (Å²) in [6, 6.07) is 17.3. The smallest absolute Gasteiger partial charge is 0.288 e. The normalized spacial score (nSPS) is 10.8. The molecule has 1 aromatic heterocycles. The van der Waals surface area contributed by atoms with Crippen LogP contribution in [0, 0.1) is 10.1 Å². The molecule has 0 fully saturated rings. The molecular weight excluding hydrogens is 441 g/mol. The first-order chi connectivity index (χ1) is 14.8. The summed E-state index contributed by atoms with van der Waals surface area (Å²) < 4.78 is 0. The van der Waals surface area contributed by atoms with Crippen molar-refractivity contribution in [2.45, 2.75) is 0 Å². The van der Waals surface area contributed by atoms with E-state index in [1.54, 1.807) is 48.5 Å². The molecule has 4 aromatic rings. The van der Waals surface area contributed by atoms with Crippen molar-refractivity contribution in [3.05, 3.63) is 104 Å². The summed E-state index contributed by atoms with van der Waals surface area (Å²) in [6.07, 6.45) is 0. The van der Waals surface area contributed by atoms with Crippen molar-refractivity contribution in [1.29, 1.82) is 0 Å². The van der Waals surface area contributed by atoms with Gasteiger partial charge in [-0.05, 0) is 30.3 Å². The fourth-order valence-electron chi connectivity index (χ4n) is 3.18. The first-order valence-electron chi connectivity index (χ1n) is 9.01. The van der Waals surface area contributed by atoms with Gasteiger partial charge in [0.05, 0.1) is 10.6 Å². The molecule has 9 heteroatoms. The predicted molar refractivity (Wildman–Crippen MR) is 119 cm³/mol. The maximum Gasteiger partial charge on any atom is 0.288 e. The number of nitrogens with zero attached hydrogens (tertiary/aromatic N) is 1. The van der Waals surface area contributed by atoms with Crippen molar-refractivity contribution >= 4 is 57.2 Å². The largest absolute Gasteiger partial charge is 0.350 e. The third-order valence-electron chi connectivity index (χ3n) is 4.67. The van der Waals surface area contributed by atoms with Crippen LogP contribution in [0.15, 0.2) is 66.7 Å². The van der Waals surface area contributed by atoms with Crippen LogP contribution in [0.3, 0.4) is 0 Å². The number of carbonyl (C=O) groups excluding carboxylic acids is 2. The average Bonchev–Trinajstić information content (AvgIpc) is 3.11. The van der Waals surface area contributed by atoms with Crippen molar-refractivity contribution in [1.82, 2.24) is 4.98 Å². The number of aromatic amines is 1. The molecule has 1 heterocycles. The molecule has 0 spiro atoms. The van der Waals surface area contributed by atoms with Gasteiger partial charge in [0.25, 0.3) is 11.6 Å². The molecule has 2 N–H and O–H groups in total. The first kappa shape index (κ1) is 20.6. The van der Waals surface area contributed by atoms with E-state index in [1.165, 1.54) is 12.1 Å². The molecule has 3 aromatic carbocycles. The van der Waals surface area contributed by atoms with Crippen LogP contribution in [0.25, 0.3) is 10.9 Å². The average molecular weight is 454 g/mol. The van der Waals surface area contributed by atoms with E-state index in [0.717, 1.165) is 6.07 Å². The van der Waals surface area contributed by atoms with Crippen LogP contribution in [-0.2, 0) is 0 Å². The van der Waals surface area contributed by atoms with Gasteiger partial charge in [-0.1, -0.05) is 53.5 Å². The zero-order chi connectivity index (χ0) is 22.1. The van der Waals surface area contributed by atoms with Gasteiger partial charge in [0.15, 0.2) is 0 Å². The highest BCUT2D eigenvalue weighted by atomic mass is 35.5. The molecule has 0 bridgehead atoms. The van der Waals surface area contributed by atoms with Gasteiger partial charge in [-0.15, -0.1) is 0 Å². The summed E-state index contributed by atoms with van der Waals surface area (Å²) in [5.41, 5.74) is 1.04. The predicted octanol–water partition coefficient (Wildman–Crippen LogP) is 5.87. The van der Waals surface area contributed by atoms with E-state index < -0.39 is 10.8 Å². The van der Waals surface area contributed by atoms with Crippen LogP contribution >= 0.6 is 23.2 Å². The Balaban J connectivity index is 1.79. The van der Waals surface area contributed by atoms with Gasteiger partial charge in [-0.2, -0.15) is 0 Å². The lowest BCUT2D eigenvalue weighted by atomic mass is 10.1. The van der Waals surface area contributed by atoms with E-state index >= 15 is 0 Å². The van der Waals surface area contributed by atoms with E-state index in [1.807, 2.05) is 0 Å². The monoisotopic (exact) mass is 453 g/mol. The molecule has 0 radical (unpaired) electrons. The number of hydrogen-bond donors (Lipinski definition) is 2. The Morgan fingerprint density at radius 3 is 2.39 bits per heavy atom. The maximum atomic E-state index is 13.1. The van der Waals surface area contributed by atoms with Crippen molar-refractivity contribution in [3.63, 3.8) is 0 Å². The molecular formula is C22H13Cl2N3O4. The summed E-state index contributed by atoms with van der Waals surface area (Å²) in [7, 11) is 0. The van der Waals surface area contributed by atoms with Crippen LogP contribution in [0.5, 0.6) is 0 Å². The fraction of sp³-hybridized carbons (Fsp3) is 0. The number of aromatic nitrogens is 1. The molecule has 0 unspecified atom stereocenters. The molecule has 1 amide bonds. The topological polar surface area (TPSA) is 105 Å². The number of nitrogens with one attached hydrogen (secondary N) is 2. The number of anilines is 1. The van der Waals surface area contributed by atoms with Crippen LogP contribution in [0.2, 0.25) is 10.0 Å². The second-order valence-electron chi connectivity index (χ2n) is 6.64. The second kappa shape index (κ2) is 8.22. The molecule has 4 rings (SSSR count). The summed E-state index contributed by atoms with van der Waals surface area (Å²) in [6.45, 7) is 0. The quantitative estimate of drug-likeness (QED) is 0.224. The number of halogens is 2. The summed E-state index contributed by atoms with van der Waals surface area (Å²) in [5, 5.41) is 14.8. The zero-order valence-electron chi connectivity index (χ0n) is 15.7. The number of rotatable bonds is 5. The Labute approximate surface area is 185 Å². The Kier molecular flexibility index (Phi) is 5.46. The van der Waals surface area contributed by atoms with E-state index in [-0.39, 0.29) is 33.4 Å². The number of ketones is 1. The lowest BCUT2D eigenvalue weighted by molar-refractivity contribution is -0.384. The lowest BCUT2D eigenvalue weighted by Crippen LogP contribution is -2.15. The lowest BCUT2D eigenvalue weighted by Gasteiger charge is -2.08. The van der Waals surface area contributed by atoms with Gasteiger partial charge in [0, 0.05) is 33.1 Å². The molecule has 0 atom stereocenters. The van der Waals surface area contributed by atoms with E-state index in [0.29, 0.717) is 21.5 Å². The van der Waals surface area contributed by atoms with Gasteiger partial charge >= 0.3 is 0 Å². The van der Waals surface area contributed by atoms with Gasteiger partial charge < -0.3 is 10.3 Å². The summed E-state index contributed by atoms with van der Waals surface area (Å²) in [5.74, 6) is -0.956. The number of benzene rings is 3. The maximum absolute atomic E-state index is 13.1. The number of nitro benzene ring substituents is 1. The number of amides is 1. The molecule has 7 nitrogen and oxygen atoms in total. The summed E-state index contributed by atoms with van der Waals surface area (Å²) >= 11 is 11.9. The van der Waals surface area contributed by atoms with Crippen LogP contribution in [0.1, 0.15) is 26.4 Å². The molecule has 0 aliphatic rings. The van der Waals surface area contributed by atoms with Gasteiger partial charge in [-0.25, -0.2) is 0 Å². The molecule has 154 valence electrons. The van der Waals surface area contributed by atoms with Crippen LogP contribution in [0.4, 0.5) is 11.4 Å². The number of nitro groups is 1. The SMILES string of the molecule is O=C(Nc1c(C(=O)c2ccccc2)[nH]c2cc(Cl)ccc12)c1ccc(Cl)c([N+](=O)[O-])c1. The number of fused-ring (bicyclic) bond motifs is 1. The molecule has 0 aliphatic carbocycles. The van der Waals surface area contributed by atoms with E-state index in [2.05, 4.69) is 10.3 Å². The molecule has 0 saturated carbocycles.